The molecule has 0 radical (unpaired) electrons. The normalized spacial score (nSPS) is 17.8. The average molecular weight is 234 g/mol. The molecule has 0 aliphatic carbocycles. The molecule has 94 valence electrons. The number of aryl methyl sites for hydroxylation is 1. The lowest BCUT2D eigenvalue weighted by molar-refractivity contribution is 0.209. The van der Waals surface area contributed by atoms with Crippen LogP contribution >= 0.6 is 0 Å². The maximum atomic E-state index is 5.73. The Labute approximate surface area is 103 Å². The molecule has 0 aromatic carbocycles. The fourth-order valence-corrected chi connectivity index (χ4v) is 2.37. The van der Waals surface area contributed by atoms with Gasteiger partial charge in [0.1, 0.15) is 5.82 Å². The van der Waals surface area contributed by atoms with Crippen LogP contribution in [-0.2, 0) is 0 Å². The van der Waals surface area contributed by atoms with Gasteiger partial charge in [0, 0.05) is 32.2 Å². The molecule has 0 bridgehead atoms. The van der Waals surface area contributed by atoms with Crippen molar-refractivity contribution in [3.8, 4) is 0 Å². The summed E-state index contributed by atoms with van der Waals surface area (Å²) < 4.78 is 0. The number of nitrogen functional groups attached to an aromatic ring is 1. The SMILES string of the molecule is Cc1cc(N)cnc1N1CCN(C(C)C)CC1. The van der Waals surface area contributed by atoms with Gasteiger partial charge in [-0.3, -0.25) is 4.90 Å². The molecule has 1 aromatic rings. The van der Waals surface area contributed by atoms with Crippen LogP contribution < -0.4 is 10.6 Å². The smallest absolute Gasteiger partial charge is 0.131 e. The van der Waals surface area contributed by atoms with Gasteiger partial charge in [-0.05, 0) is 32.4 Å². The second-order valence-corrected chi connectivity index (χ2v) is 5.03. The Hall–Kier alpha value is -1.29. The van der Waals surface area contributed by atoms with E-state index in [2.05, 4.69) is 35.6 Å². The van der Waals surface area contributed by atoms with Gasteiger partial charge in [-0.15, -0.1) is 0 Å². The predicted molar refractivity (Wildman–Crippen MR) is 72.3 cm³/mol. The molecule has 0 atom stereocenters. The first-order valence-corrected chi connectivity index (χ1v) is 6.29. The van der Waals surface area contributed by atoms with Crippen molar-refractivity contribution in [2.75, 3.05) is 36.8 Å². The molecule has 2 heterocycles. The minimum absolute atomic E-state index is 0.637. The summed E-state index contributed by atoms with van der Waals surface area (Å²) in [5.41, 5.74) is 7.64. The van der Waals surface area contributed by atoms with Crippen molar-refractivity contribution in [1.82, 2.24) is 9.88 Å². The van der Waals surface area contributed by atoms with Crippen molar-refractivity contribution in [2.24, 2.45) is 0 Å². The topological polar surface area (TPSA) is 45.4 Å². The lowest BCUT2D eigenvalue weighted by atomic mass is 10.2. The van der Waals surface area contributed by atoms with Crippen molar-refractivity contribution < 1.29 is 0 Å². The number of nitrogens with two attached hydrogens (primary N) is 1. The third-order valence-corrected chi connectivity index (χ3v) is 3.42. The molecule has 1 aromatic heterocycles. The minimum Gasteiger partial charge on any atom is -0.397 e. The zero-order valence-electron chi connectivity index (χ0n) is 11.0. The van der Waals surface area contributed by atoms with Crippen LogP contribution in [0.25, 0.3) is 0 Å². The van der Waals surface area contributed by atoms with Gasteiger partial charge < -0.3 is 10.6 Å². The third kappa shape index (κ3) is 2.69. The Morgan fingerprint density at radius 1 is 1.24 bits per heavy atom. The summed E-state index contributed by atoms with van der Waals surface area (Å²) in [7, 11) is 0. The number of pyridine rings is 1. The first-order chi connectivity index (χ1) is 8.08. The Kier molecular flexibility index (Phi) is 3.52. The molecule has 0 spiro atoms. The number of aromatic nitrogens is 1. The van der Waals surface area contributed by atoms with Gasteiger partial charge in [-0.25, -0.2) is 4.98 Å². The van der Waals surface area contributed by atoms with Gasteiger partial charge >= 0.3 is 0 Å². The molecule has 0 unspecified atom stereocenters. The monoisotopic (exact) mass is 234 g/mol. The zero-order valence-corrected chi connectivity index (χ0v) is 11.0. The third-order valence-electron chi connectivity index (χ3n) is 3.42. The summed E-state index contributed by atoms with van der Waals surface area (Å²) in [5, 5.41) is 0. The highest BCUT2D eigenvalue weighted by molar-refractivity contribution is 5.52. The van der Waals surface area contributed by atoms with Crippen LogP contribution in [-0.4, -0.2) is 42.1 Å². The Balaban J connectivity index is 2.05. The van der Waals surface area contributed by atoms with Crippen LogP contribution in [0.1, 0.15) is 19.4 Å². The fourth-order valence-electron chi connectivity index (χ4n) is 2.37. The molecule has 1 fully saturated rings. The maximum absolute atomic E-state index is 5.73. The molecule has 1 aliphatic rings. The predicted octanol–water partition coefficient (Wildman–Crippen LogP) is 1.50. The van der Waals surface area contributed by atoms with Crippen molar-refractivity contribution in [2.45, 2.75) is 26.8 Å². The largest absolute Gasteiger partial charge is 0.397 e. The van der Waals surface area contributed by atoms with E-state index >= 15 is 0 Å². The van der Waals surface area contributed by atoms with Crippen LogP contribution in [0.2, 0.25) is 0 Å². The number of hydrogen-bond donors (Lipinski definition) is 1. The summed E-state index contributed by atoms with van der Waals surface area (Å²) in [6.45, 7) is 10.9. The van der Waals surface area contributed by atoms with Crippen LogP contribution in [0.5, 0.6) is 0 Å². The van der Waals surface area contributed by atoms with Gasteiger partial charge in [0.25, 0.3) is 0 Å². The van der Waals surface area contributed by atoms with Gasteiger partial charge in [-0.2, -0.15) is 0 Å². The number of nitrogens with zero attached hydrogens (tertiary/aromatic N) is 3. The molecule has 0 saturated carbocycles. The standard InChI is InChI=1S/C13H22N4/c1-10(2)16-4-6-17(7-5-16)13-11(3)8-12(14)9-15-13/h8-10H,4-7,14H2,1-3H3. The van der Waals surface area contributed by atoms with Crippen molar-refractivity contribution in [1.29, 1.82) is 0 Å². The molecule has 4 nitrogen and oxygen atoms in total. The van der Waals surface area contributed by atoms with E-state index in [0.29, 0.717) is 6.04 Å². The summed E-state index contributed by atoms with van der Waals surface area (Å²) in [4.78, 5) is 9.31. The van der Waals surface area contributed by atoms with Crippen LogP contribution in [0.15, 0.2) is 12.3 Å². The van der Waals surface area contributed by atoms with E-state index in [1.807, 2.05) is 6.07 Å². The van der Waals surface area contributed by atoms with Crippen molar-refractivity contribution >= 4 is 11.5 Å². The van der Waals surface area contributed by atoms with E-state index in [4.69, 9.17) is 5.73 Å². The Morgan fingerprint density at radius 2 is 1.88 bits per heavy atom. The second-order valence-electron chi connectivity index (χ2n) is 5.03. The highest BCUT2D eigenvalue weighted by Crippen LogP contribution is 2.20. The summed E-state index contributed by atoms with van der Waals surface area (Å²) in [6, 6.07) is 2.63. The molecule has 2 N–H and O–H groups in total. The highest BCUT2D eigenvalue weighted by Gasteiger charge is 2.20. The number of piperazine rings is 1. The van der Waals surface area contributed by atoms with E-state index in [1.165, 1.54) is 5.56 Å². The molecule has 17 heavy (non-hydrogen) atoms. The van der Waals surface area contributed by atoms with Crippen LogP contribution in [0.4, 0.5) is 11.5 Å². The summed E-state index contributed by atoms with van der Waals surface area (Å²) >= 11 is 0. The lowest BCUT2D eigenvalue weighted by Crippen LogP contribution is -2.49. The first kappa shape index (κ1) is 12.2. The van der Waals surface area contributed by atoms with Gasteiger partial charge in [0.15, 0.2) is 0 Å². The lowest BCUT2D eigenvalue weighted by Gasteiger charge is -2.38. The number of rotatable bonds is 2. The first-order valence-electron chi connectivity index (χ1n) is 6.29. The number of anilines is 2. The fraction of sp³-hybridized carbons (Fsp3) is 0.615. The molecule has 0 amide bonds. The second kappa shape index (κ2) is 4.92. The van der Waals surface area contributed by atoms with E-state index in [-0.39, 0.29) is 0 Å². The van der Waals surface area contributed by atoms with E-state index in [9.17, 15) is 0 Å². The molecule has 4 heteroatoms. The maximum Gasteiger partial charge on any atom is 0.131 e. The minimum atomic E-state index is 0.637. The van der Waals surface area contributed by atoms with Gasteiger partial charge in [0.05, 0.1) is 11.9 Å². The quantitative estimate of drug-likeness (QED) is 0.842. The zero-order chi connectivity index (χ0) is 12.4. The highest BCUT2D eigenvalue weighted by atomic mass is 15.3. The Morgan fingerprint density at radius 3 is 2.41 bits per heavy atom. The molecular formula is C13H22N4. The van der Waals surface area contributed by atoms with Crippen molar-refractivity contribution in [3.05, 3.63) is 17.8 Å². The van der Waals surface area contributed by atoms with E-state index in [1.54, 1.807) is 6.20 Å². The van der Waals surface area contributed by atoms with Crippen LogP contribution in [0, 0.1) is 6.92 Å². The van der Waals surface area contributed by atoms with Crippen LogP contribution in [0.3, 0.4) is 0 Å². The van der Waals surface area contributed by atoms with Gasteiger partial charge in [-0.1, -0.05) is 0 Å². The molecule has 1 aliphatic heterocycles. The van der Waals surface area contributed by atoms with Crippen molar-refractivity contribution in [3.63, 3.8) is 0 Å². The summed E-state index contributed by atoms with van der Waals surface area (Å²) in [6.07, 6.45) is 1.75. The molecule has 2 rings (SSSR count). The van der Waals surface area contributed by atoms with E-state index < -0.39 is 0 Å². The number of hydrogen-bond acceptors (Lipinski definition) is 4. The van der Waals surface area contributed by atoms with Gasteiger partial charge in [0.2, 0.25) is 0 Å². The Bertz CT molecular complexity index is 381. The molecular weight excluding hydrogens is 212 g/mol. The summed E-state index contributed by atoms with van der Waals surface area (Å²) in [5.74, 6) is 1.09. The average Bonchev–Trinajstić information content (AvgIpc) is 2.29. The van der Waals surface area contributed by atoms with E-state index in [0.717, 1.165) is 37.7 Å². The molecule has 1 saturated heterocycles.